The predicted molar refractivity (Wildman–Crippen MR) is 96.5 cm³/mol. The molecular formula is C17H21N5O3S. The van der Waals surface area contributed by atoms with Gasteiger partial charge in [-0.05, 0) is 43.9 Å². The zero-order valence-electron chi connectivity index (χ0n) is 14.8. The number of hydrogen-bond donors (Lipinski definition) is 0. The van der Waals surface area contributed by atoms with E-state index in [0.717, 1.165) is 11.5 Å². The highest BCUT2D eigenvalue weighted by Gasteiger charge is 2.27. The molecule has 3 rings (SSSR count). The summed E-state index contributed by atoms with van der Waals surface area (Å²) < 4.78 is 9.30. The quantitative estimate of drug-likeness (QED) is 0.807. The molecule has 2 aromatic rings. The van der Waals surface area contributed by atoms with Crippen molar-refractivity contribution in [2.24, 2.45) is 0 Å². The summed E-state index contributed by atoms with van der Waals surface area (Å²) in [6, 6.07) is 3.45. The van der Waals surface area contributed by atoms with E-state index < -0.39 is 0 Å². The predicted octanol–water partition coefficient (Wildman–Crippen LogP) is 1.63. The van der Waals surface area contributed by atoms with E-state index >= 15 is 0 Å². The van der Waals surface area contributed by atoms with Gasteiger partial charge in [-0.1, -0.05) is 4.49 Å². The number of aryl methyl sites for hydroxylation is 1. The van der Waals surface area contributed by atoms with Gasteiger partial charge in [-0.3, -0.25) is 9.59 Å². The minimum atomic E-state index is -0.119. The molecule has 0 bridgehead atoms. The molecule has 0 spiro atoms. The molecule has 26 heavy (non-hydrogen) atoms. The molecule has 1 saturated heterocycles. The number of nitrogens with zero attached hydrogens (tertiary/aromatic N) is 5. The molecule has 0 unspecified atom stereocenters. The van der Waals surface area contributed by atoms with Crippen molar-refractivity contribution in [3.05, 3.63) is 34.5 Å². The Kier molecular flexibility index (Phi) is 5.77. The maximum absolute atomic E-state index is 12.9. The average Bonchev–Trinajstić information content (AvgIpc) is 2.93. The summed E-state index contributed by atoms with van der Waals surface area (Å²) in [6.07, 6.45) is 2.32. The third-order valence-electron chi connectivity index (χ3n) is 4.20. The monoisotopic (exact) mass is 375 g/mol. The largest absolute Gasteiger partial charge is 0.477 e. The molecule has 0 radical (unpaired) electrons. The van der Waals surface area contributed by atoms with Crippen molar-refractivity contribution in [3.8, 4) is 5.88 Å². The fourth-order valence-electron chi connectivity index (χ4n) is 2.87. The van der Waals surface area contributed by atoms with Crippen molar-refractivity contribution in [2.75, 3.05) is 32.8 Å². The molecule has 3 heterocycles. The molecule has 138 valence electrons. The van der Waals surface area contributed by atoms with Gasteiger partial charge in [0.25, 0.3) is 11.8 Å². The van der Waals surface area contributed by atoms with E-state index in [9.17, 15) is 9.59 Å². The van der Waals surface area contributed by atoms with Crippen molar-refractivity contribution in [2.45, 2.75) is 20.3 Å². The van der Waals surface area contributed by atoms with Crippen LogP contribution in [0.2, 0.25) is 0 Å². The molecule has 1 aliphatic rings. The fraction of sp³-hybridized carbons (Fsp3) is 0.471. The van der Waals surface area contributed by atoms with Gasteiger partial charge >= 0.3 is 0 Å². The van der Waals surface area contributed by atoms with Crippen LogP contribution in [0.15, 0.2) is 18.3 Å². The average molecular weight is 375 g/mol. The smallest absolute Gasteiger partial charge is 0.267 e. The van der Waals surface area contributed by atoms with Gasteiger partial charge in [0.2, 0.25) is 5.88 Å². The van der Waals surface area contributed by atoms with Gasteiger partial charge in [0.05, 0.1) is 12.3 Å². The molecule has 0 aliphatic carbocycles. The van der Waals surface area contributed by atoms with Gasteiger partial charge in [-0.25, -0.2) is 4.98 Å². The molecule has 1 fully saturated rings. The molecular weight excluding hydrogens is 354 g/mol. The van der Waals surface area contributed by atoms with E-state index in [2.05, 4.69) is 14.6 Å². The highest BCUT2D eigenvalue weighted by molar-refractivity contribution is 7.07. The summed E-state index contributed by atoms with van der Waals surface area (Å²) in [4.78, 5) is 33.8. The van der Waals surface area contributed by atoms with Gasteiger partial charge in [0.15, 0.2) is 0 Å². The third kappa shape index (κ3) is 3.82. The molecule has 0 atom stereocenters. The van der Waals surface area contributed by atoms with Crippen molar-refractivity contribution < 1.29 is 14.3 Å². The van der Waals surface area contributed by atoms with E-state index in [4.69, 9.17) is 4.74 Å². The van der Waals surface area contributed by atoms with Gasteiger partial charge < -0.3 is 14.5 Å². The van der Waals surface area contributed by atoms with Crippen LogP contribution in [0.3, 0.4) is 0 Å². The van der Waals surface area contributed by atoms with Gasteiger partial charge in [0.1, 0.15) is 10.4 Å². The minimum absolute atomic E-state index is 0.0665. The zero-order valence-corrected chi connectivity index (χ0v) is 15.7. The standard InChI is InChI=1S/C17H21N5O3S/c1-3-25-15-13(6-4-7-18-15)16(23)21-8-5-9-22(11-10-21)17(24)14-12(2)19-20-26-14/h4,6-7H,3,5,8-11H2,1-2H3. The molecule has 1 aliphatic heterocycles. The highest BCUT2D eigenvalue weighted by atomic mass is 32.1. The number of rotatable bonds is 4. The topological polar surface area (TPSA) is 88.5 Å². The summed E-state index contributed by atoms with van der Waals surface area (Å²) in [5.74, 6) is 0.165. The lowest BCUT2D eigenvalue weighted by Gasteiger charge is -2.22. The molecule has 2 aromatic heterocycles. The Morgan fingerprint density at radius 3 is 2.58 bits per heavy atom. The maximum Gasteiger partial charge on any atom is 0.267 e. The Morgan fingerprint density at radius 2 is 1.92 bits per heavy atom. The number of aromatic nitrogens is 3. The molecule has 0 aromatic carbocycles. The fourth-order valence-corrected chi connectivity index (χ4v) is 3.50. The van der Waals surface area contributed by atoms with Crippen molar-refractivity contribution in [3.63, 3.8) is 0 Å². The number of amides is 2. The SMILES string of the molecule is CCOc1ncccc1C(=O)N1CCCN(C(=O)c2snnc2C)CC1. The van der Waals surface area contributed by atoms with Crippen LogP contribution < -0.4 is 4.74 Å². The van der Waals surface area contributed by atoms with Crippen molar-refractivity contribution in [1.29, 1.82) is 0 Å². The first-order valence-electron chi connectivity index (χ1n) is 8.57. The van der Waals surface area contributed by atoms with Crippen LogP contribution in [0.25, 0.3) is 0 Å². The number of pyridine rings is 1. The second-order valence-corrected chi connectivity index (χ2v) is 6.67. The van der Waals surface area contributed by atoms with Crippen LogP contribution >= 0.6 is 11.5 Å². The number of carbonyl (C=O) groups is 2. The molecule has 2 amide bonds. The Balaban J connectivity index is 1.70. The second-order valence-electron chi connectivity index (χ2n) is 5.91. The molecule has 8 nitrogen and oxygen atoms in total. The first kappa shape index (κ1) is 18.2. The summed E-state index contributed by atoms with van der Waals surface area (Å²) in [5, 5.41) is 3.90. The number of carbonyl (C=O) groups excluding carboxylic acids is 2. The first-order valence-corrected chi connectivity index (χ1v) is 9.34. The molecule has 0 saturated carbocycles. The van der Waals surface area contributed by atoms with Gasteiger partial charge in [-0.2, -0.15) is 0 Å². The van der Waals surface area contributed by atoms with Crippen LogP contribution in [0.4, 0.5) is 0 Å². The maximum atomic E-state index is 12.9. The van der Waals surface area contributed by atoms with E-state index in [1.807, 2.05) is 6.92 Å². The normalized spacial score (nSPS) is 14.8. The minimum Gasteiger partial charge on any atom is -0.477 e. The Bertz CT molecular complexity index is 794. The number of hydrogen-bond acceptors (Lipinski definition) is 7. The Morgan fingerprint density at radius 1 is 1.19 bits per heavy atom. The van der Waals surface area contributed by atoms with Crippen LogP contribution in [-0.2, 0) is 0 Å². The third-order valence-corrected chi connectivity index (χ3v) is 5.01. The second kappa shape index (κ2) is 8.22. The van der Waals surface area contributed by atoms with E-state index in [0.29, 0.717) is 61.2 Å². The molecule has 0 N–H and O–H groups in total. The highest BCUT2D eigenvalue weighted by Crippen LogP contribution is 2.19. The summed E-state index contributed by atoms with van der Waals surface area (Å²) in [6.45, 7) is 6.22. The molecule has 9 heteroatoms. The first-order chi connectivity index (χ1) is 12.6. The van der Waals surface area contributed by atoms with E-state index in [1.54, 1.807) is 35.1 Å². The zero-order chi connectivity index (χ0) is 18.5. The van der Waals surface area contributed by atoms with E-state index in [-0.39, 0.29) is 11.8 Å². The lowest BCUT2D eigenvalue weighted by Crippen LogP contribution is -2.37. The van der Waals surface area contributed by atoms with Gasteiger partial charge in [0, 0.05) is 32.4 Å². The van der Waals surface area contributed by atoms with Crippen molar-refractivity contribution >= 4 is 23.3 Å². The van der Waals surface area contributed by atoms with Crippen LogP contribution in [-0.4, -0.2) is 69.0 Å². The van der Waals surface area contributed by atoms with Crippen LogP contribution in [0.1, 0.15) is 39.1 Å². The Hall–Kier alpha value is -2.55. The summed E-state index contributed by atoms with van der Waals surface area (Å²) >= 11 is 1.11. The Labute approximate surface area is 155 Å². The number of ether oxygens (including phenoxy) is 1. The summed E-state index contributed by atoms with van der Waals surface area (Å²) in [7, 11) is 0. The summed E-state index contributed by atoms with van der Waals surface area (Å²) in [5.41, 5.74) is 1.10. The van der Waals surface area contributed by atoms with E-state index in [1.165, 1.54) is 0 Å². The van der Waals surface area contributed by atoms with Crippen LogP contribution in [0, 0.1) is 6.92 Å². The van der Waals surface area contributed by atoms with Crippen molar-refractivity contribution in [1.82, 2.24) is 24.4 Å². The van der Waals surface area contributed by atoms with Gasteiger partial charge in [-0.15, -0.1) is 5.10 Å². The lowest BCUT2D eigenvalue weighted by molar-refractivity contribution is 0.0717. The lowest BCUT2D eigenvalue weighted by atomic mass is 10.2. The van der Waals surface area contributed by atoms with Crippen LogP contribution in [0.5, 0.6) is 5.88 Å².